The van der Waals surface area contributed by atoms with Crippen molar-refractivity contribution in [3.8, 4) is 5.75 Å². The van der Waals surface area contributed by atoms with E-state index in [4.69, 9.17) is 4.74 Å². The molecule has 1 rings (SSSR count). The summed E-state index contributed by atoms with van der Waals surface area (Å²) in [5.74, 6) is 0.694. The Bertz CT molecular complexity index is 311. The maximum atomic E-state index is 11.7. The number of nitrogens with one attached hydrogen (secondary N) is 1. The molecule has 0 aliphatic carbocycles. The van der Waals surface area contributed by atoms with E-state index >= 15 is 0 Å². The second-order valence-corrected chi connectivity index (χ2v) is 3.07. The van der Waals surface area contributed by atoms with Crippen LogP contribution in [-0.4, -0.2) is 19.9 Å². The van der Waals surface area contributed by atoms with E-state index in [2.05, 4.69) is 10.3 Å². The molecule has 0 amide bonds. The summed E-state index contributed by atoms with van der Waals surface area (Å²) in [5, 5.41) is 0. The van der Waals surface area contributed by atoms with Gasteiger partial charge >= 0.3 is 6.18 Å². The van der Waals surface area contributed by atoms with Crippen molar-refractivity contribution in [2.45, 2.75) is 12.7 Å². The lowest BCUT2D eigenvalue weighted by molar-refractivity contribution is -0.190. The van der Waals surface area contributed by atoms with E-state index in [1.165, 1.54) is 0 Å². The number of hydrogen-bond acceptors (Lipinski definition) is 3. The summed E-state index contributed by atoms with van der Waals surface area (Å²) >= 11 is 0. The number of halogens is 3. The lowest BCUT2D eigenvalue weighted by Crippen LogP contribution is -2.24. The maximum Gasteiger partial charge on any atom is 0.413 e. The quantitative estimate of drug-likeness (QED) is 0.627. The molecule has 0 fully saturated rings. The molecule has 90 valence electrons. The van der Waals surface area contributed by atoms with Gasteiger partial charge < -0.3 is 4.74 Å². The van der Waals surface area contributed by atoms with Crippen molar-refractivity contribution in [2.75, 3.05) is 13.7 Å². The van der Waals surface area contributed by atoms with Crippen LogP contribution in [0.3, 0.4) is 0 Å². The molecule has 0 saturated heterocycles. The normalized spacial score (nSPS) is 11.5. The Morgan fingerprint density at radius 1 is 1.19 bits per heavy atom. The summed E-state index contributed by atoms with van der Waals surface area (Å²) in [6.45, 7) is -1.09. The van der Waals surface area contributed by atoms with E-state index in [9.17, 15) is 13.2 Å². The Morgan fingerprint density at radius 2 is 1.81 bits per heavy atom. The SMILES string of the molecule is COc1ccc(CNOCC(F)(F)F)cc1. The number of rotatable bonds is 5. The van der Waals surface area contributed by atoms with Crippen LogP contribution in [0.25, 0.3) is 0 Å². The zero-order chi connectivity index (χ0) is 12.0. The van der Waals surface area contributed by atoms with Gasteiger partial charge in [-0.3, -0.25) is 4.84 Å². The van der Waals surface area contributed by atoms with Crippen LogP contribution in [0.4, 0.5) is 13.2 Å². The van der Waals surface area contributed by atoms with Gasteiger partial charge in [-0.1, -0.05) is 12.1 Å². The molecular weight excluding hydrogens is 223 g/mol. The van der Waals surface area contributed by atoms with Gasteiger partial charge in [-0.25, -0.2) is 0 Å². The molecule has 0 atom stereocenters. The standard InChI is InChI=1S/C10H12F3NO2/c1-15-9-4-2-8(3-5-9)6-14-16-7-10(11,12)13/h2-5,14H,6-7H2,1H3. The first-order chi connectivity index (χ1) is 7.51. The van der Waals surface area contributed by atoms with Crippen LogP contribution in [0.2, 0.25) is 0 Å². The second kappa shape index (κ2) is 5.72. The lowest BCUT2D eigenvalue weighted by atomic mass is 10.2. The van der Waals surface area contributed by atoms with Gasteiger partial charge in [0.25, 0.3) is 0 Å². The molecule has 6 heteroatoms. The monoisotopic (exact) mass is 235 g/mol. The summed E-state index contributed by atoms with van der Waals surface area (Å²) in [4.78, 5) is 4.25. The van der Waals surface area contributed by atoms with Crippen molar-refractivity contribution in [3.05, 3.63) is 29.8 Å². The lowest BCUT2D eigenvalue weighted by Gasteiger charge is -2.08. The number of hydrogen-bond donors (Lipinski definition) is 1. The van der Waals surface area contributed by atoms with E-state index in [1.54, 1.807) is 31.4 Å². The first-order valence-electron chi connectivity index (χ1n) is 4.55. The fourth-order valence-corrected chi connectivity index (χ4v) is 1.01. The van der Waals surface area contributed by atoms with Gasteiger partial charge in [0.1, 0.15) is 5.75 Å². The third kappa shape index (κ3) is 4.99. The largest absolute Gasteiger partial charge is 0.497 e. The van der Waals surface area contributed by atoms with E-state index in [1.807, 2.05) is 0 Å². The Labute approximate surface area is 91.1 Å². The van der Waals surface area contributed by atoms with Crippen molar-refractivity contribution in [2.24, 2.45) is 0 Å². The Balaban J connectivity index is 2.27. The highest BCUT2D eigenvalue weighted by molar-refractivity contribution is 5.26. The smallest absolute Gasteiger partial charge is 0.413 e. The van der Waals surface area contributed by atoms with Crippen LogP contribution in [0, 0.1) is 0 Å². The molecule has 0 heterocycles. The van der Waals surface area contributed by atoms with Gasteiger partial charge in [0.2, 0.25) is 0 Å². The predicted molar refractivity (Wildman–Crippen MR) is 51.8 cm³/mol. The first-order valence-corrected chi connectivity index (χ1v) is 4.55. The molecule has 0 radical (unpaired) electrons. The highest BCUT2D eigenvalue weighted by atomic mass is 19.4. The van der Waals surface area contributed by atoms with E-state index in [0.29, 0.717) is 5.75 Å². The topological polar surface area (TPSA) is 30.5 Å². The van der Waals surface area contributed by atoms with Gasteiger partial charge in [0.05, 0.1) is 7.11 Å². The summed E-state index contributed by atoms with van der Waals surface area (Å²) in [6.07, 6.45) is -4.31. The average molecular weight is 235 g/mol. The fraction of sp³-hybridized carbons (Fsp3) is 0.400. The molecule has 1 aromatic carbocycles. The number of hydroxylamine groups is 1. The van der Waals surface area contributed by atoms with Gasteiger partial charge in [-0.05, 0) is 17.7 Å². The summed E-state index contributed by atoms with van der Waals surface area (Å²) < 4.78 is 40.0. The zero-order valence-electron chi connectivity index (χ0n) is 8.67. The van der Waals surface area contributed by atoms with Crippen LogP contribution < -0.4 is 10.2 Å². The molecule has 1 N–H and O–H groups in total. The maximum absolute atomic E-state index is 11.7. The Kier molecular flexibility index (Phi) is 4.57. The van der Waals surface area contributed by atoms with Gasteiger partial charge in [-0.2, -0.15) is 18.7 Å². The van der Waals surface area contributed by atoms with E-state index in [0.717, 1.165) is 5.56 Å². The predicted octanol–water partition coefficient (Wildman–Crippen LogP) is 2.28. The highest BCUT2D eigenvalue weighted by Crippen LogP contribution is 2.14. The summed E-state index contributed by atoms with van der Waals surface area (Å²) in [7, 11) is 1.54. The van der Waals surface area contributed by atoms with Crippen molar-refractivity contribution in [1.29, 1.82) is 0 Å². The molecular formula is C10H12F3NO2. The highest BCUT2D eigenvalue weighted by Gasteiger charge is 2.27. The van der Waals surface area contributed by atoms with Gasteiger partial charge in [-0.15, -0.1) is 0 Å². The molecule has 0 saturated carbocycles. The van der Waals surface area contributed by atoms with Crippen LogP contribution in [0.5, 0.6) is 5.75 Å². The first kappa shape index (κ1) is 12.8. The number of alkyl halides is 3. The molecule has 3 nitrogen and oxygen atoms in total. The van der Waals surface area contributed by atoms with E-state index < -0.39 is 12.8 Å². The van der Waals surface area contributed by atoms with Crippen molar-refractivity contribution >= 4 is 0 Å². The minimum absolute atomic E-state index is 0.208. The minimum atomic E-state index is -4.31. The molecule has 0 aliphatic heterocycles. The summed E-state index contributed by atoms with van der Waals surface area (Å²) in [6, 6.07) is 6.92. The molecule has 0 bridgehead atoms. The number of ether oxygens (including phenoxy) is 1. The fourth-order valence-electron chi connectivity index (χ4n) is 1.01. The third-order valence-electron chi connectivity index (χ3n) is 1.77. The Hall–Kier alpha value is -1.27. The number of methoxy groups -OCH3 is 1. The third-order valence-corrected chi connectivity index (χ3v) is 1.77. The van der Waals surface area contributed by atoms with Crippen LogP contribution in [0.1, 0.15) is 5.56 Å². The molecule has 16 heavy (non-hydrogen) atoms. The Morgan fingerprint density at radius 3 is 2.31 bits per heavy atom. The number of benzene rings is 1. The van der Waals surface area contributed by atoms with Crippen molar-refractivity contribution in [3.63, 3.8) is 0 Å². The van der Waals surface area contributed by atoms with Gasteiger partial charge in [0.15, 0.2) is 6.61 Å². The van der Waals surface area contributed by atoms with E-state index in [-0.39, 0.29) is 6.54 Å². The summed E-state index contributed by atoms with van der Waals surface area (Å²) in [5.41, 5.74) is 3.04. The van der Waals surface area contributed by atoms with Crippen molar-refractivity contribution in [1.82, 2.24) is 5.48 Å². The molecule has 0 unspecified atom stereocenters. The van der Waals surface area contributed by atoms with Crippen molar-refractivity contribution < 1.29 is 22.7 Å². The van der Waals surface area contributed by atoms with Crippen LogP contribution in [0.15, 0.2) is 24.3 Å². The average Bonchev–Trinajstić information content (AvgIpc) is 2.24. The second-order valence-electron chi connectivity index (χ2n) is 3.07. The zero-order valence-corrected chi connectivity index (χ0v) is 8.67. The molecule has 0 aliphatic rings. The molecule has 0 spiro atoms. The minimum Gasteiger partial charge on any atom is -0.497 e. The molecule has 1 aromatic rings. The molecule has 0 aromatic heterocycles. The van der Waals surface area contributed by atoms with Gasteiger partial charge in [0, 0.05) is 6.54 Å². The van der Waals surface area contributed by atoms with Crippen LogP contribution in [-0.2, 0) is 11.4 Å². The van der Waals surface area contributed by atoms with Crippen LogP contribution >= 0.6 is 0 Å².